The van der Waals surface area contributed by atoms with Crippen molar-refractivity contribution in [2.24, 2.45) is 5.92 Å². The number of hydrogen-bond acceptors (Lipinski definition) is 4. The molecule has 6 heteroatoms. The molecule has 2 heterocycles. The number of carbonyl (C=O) groups is 1. The van der Waals surface area contributed by atoms with Crippen molar-refractivity contribution in [3.05, 3.63) is 70.1 Å². The van der Waals surface area contributed by atoms with Gasteiger partial charge in [-0.05, 0) is 89.3 Å². The highest BCUT2D eigenvalue weighted by Crippen LogP contribution is 2.22. The van der Waals surface area contributed by atoms with E-state index in [1.807, 2.05) is 44.2 Å². The summed E-state index contributed by atoms with van der Waals surface area (Å²) in [5.74, 6) is 0.678. The number of likely N-dealkylation sites (tertiary alicyclic amines) is 1. The molecule has 2 aromatic carbocycles. The van der Waals surface area contributed by atoms with Crippen LogP contribution < -0.4 is 10.9 Å². The van der Waals surface area contributed by atoms with Crippen LogP contribution in [-0.2, 0) is 17.6 Å². The number of carbonyl (C=O) groups excluding carboxylic acids is 1. The monoisotopic (exact) mass is 446 g/mol. The maximum atomic E-state index is 12.8. The van der Waals surface area contributed by atoms with Crippen molar-refractivity contribution in [1.82, 2.24) is 14.7 Å². The molecule has 0 aliphatic carbocycles. The molecule has 1 fully saturated rings. The van der Waals surface area contributed by atoms with Crippen molar-refractivity contribution in [2.45, 2.75) is 52.0 Å². The molecular formula is C27H34N4O2. The lowest BCUT2D eigenvalue weighted by Gasteiger charge is -2.28. The van der Waals surface area contributed by atoms with Crippen LogP contribution >= 0.6 is 0 Å². The molecule has 6 nitrogen and oxygen atoms in total. The van der Waals surface area contributed by atoms with E-state index in [0.717, 1.165) is 23.4 Å². The molecule has 1 aliphatic heterocycles. The summed E-state index contributed by atoms with van der Waals surface area (Å²) < 4.78 is 1.46. The van der Waals surface area contributed by atoms with Gasteiger partial charge in [-0.2, -0.15) is 5.10 Å². The van der Waals surface area contributed by atoms with Gasteiger partial charge in [0.1, 0.15) is 0 Å². The van der Waals surface area contributed by atoms with E-state index in [9.17, 15) is 9.59 Å². The number of anilines is 1. The summed E-state index contributed by atoms with van der Waals surface area (Å²) in [7, 11) is 2.20. The van der Waals surface area contributed by atoms with Gasteiger partial charge in [0.25, 0.3) is 5.56 Å². The average Bonchev–Trinajstić information content (AvgIpc) is 2.81. The molecule has 0 spiro atoms. The Kier molecular flexibility index (Phi) is 7.23. The number of aromatic nitrogens is 2. The summed E-state index contributed by atoms with van der Waals surface area (Å²) in [6.07, 6.45) is 5.00. The molecule has 1 saturated heterocycles. The number of piperidine rings is 1. The zero-order chi connectivity index (χ0) is 23.4. The molecule has 3 aromatic rings. The van der Waals surface area contributed by atoms with E-state index in [0.29, 0.717) is 11.1 Å². The van der Waals surface area contributed by atoms with Gasteiger partial charge >= 0.3 is 0 Å². The van der Waals surface area contributed by atoms with Crippen LogP contribution in [0.25, 0.3) is 10.8 Å². The topological polar surface area (TPSA) is 67.2 Å². The minimum absolute atomic E-state index is 0.0778. The van der Waals surface area contributed by atoms with Crippen molar-refractivity contribution < 1.29 is 4.79 Å². The second kappa shape index (κ2) is 10.3. The lowest BCUT2D eigenvalue weighted by atomic mass is 9.91. The normalized spacial score (nSPS) is 15.3. The predicted molar refractivity (Wildman–Crippen MR) is 134 cm³/mol. The number of amides is 1. The number of fused-ring (bicyclic) bond motifs is 1. The lowest BCUT2D eigenvalue weighted by molar-refractivity contribution is -0.115. The van der Waals surface area contributed by atoms with Gasteiger partial charge in [-0.1, -0.05) is 30.3 Å². The van der Waals surface area contributed by atoms with E-state index in [1.165, 1.54) is 42.6 Å². The van der Waals surface area contributed by atoms with Crippen LogP contribution in [0.4, 0.5) is 5.69 Å². The first-order valence-corrected chi connectivity index (χ1v) is 12.0. The van der Waals surface area contributed by atoms with Crippen molar-refractivity contribution in [1.29, 1.82) is 0 Å². The molecule has 1 N–H and O–H groups in total. The minimum Gasteiger partial charge on any atom is -0.326 e. The highest BCUT2D eigenvalue weighted by Gasteiger charge is 2.17. The van der Waals surface area contributed by atoms with Crippen molar-refractivity contribution in [2.75, 3.05) is 25.5 Å². The number of nitrogens with zero attached hydrogens (tertiary/aromatic N) is 3. The van der Waals surface area contributed by atoms with Gasteiger partial charge in [-0.25, -0.2) is 4.68 Å². The quantitative estimate of drug-likeness (QED) is 0.583. The predicted octanol–water partition coefficient (Wildman–Crippen LogP) is 4.43. The minimum atomic E-state index is -0.138. The first kappa shape index (κ1) is 23.2. The first-order chi connectivity index (χ1) is 15.9. The molecule has 0 unspecified atom stereocenters. The van der Waals surface area contributed by atoms with Crippen molar-refractivity contribution in [3.8, 4) is 0 Å². The summed E-state index contributed by atoms with van der Waals surface area (Å²) in [4.78, 5) is 27.9. The highest BCUT2D eigenvalue weighted by molar-refractivity contribution is 5.95. The molecule has 174 valence electrons. The Morgan fingerprint density at radius 3 is 2.39 bits per heavy atom. The zero-order valence-corrected chi connectivity index (χ0v) is 19.9. The van der Waals surface area contributed by atoms with Crippen molar-refractivity contribution >= 4 is 22.4 Å². The van der Waals surface area contributed by atoms with Crippen LogP contribution in [0.1, 0.15) is 50.4 Å². The molecule has 0 saturated carbocycles. The van der Waals surface area contributed by atoms with E-state index in [4.69, 9.17) is 0 Å². The van der Waals surface area contributed by atoms with Crippen molar-refractivity contribution in [3.63, 3.8) is 0 Å². The molecule has 33 heavy (non-hydrogen) atoms. The number of hydrogen-bond donors (Lipinski definition) is 1. The summed E-state index contributed by atoms with van der Waals surface area (Å²) in [6.45, 7) is 6.24. The third-order valence-electron chi connectivity index (χ3n) is 6.64. The van der Waals surface area contributed by atoms with Gasteiger partial charge in [0.05, 0.1) is 23.5 Å². The van der Waals surface area contributed by atoms with Gasteiger partial charge in [0, 0.05) is 11.1 Å². The fourth-order valence-electron chi connectivity index (χ4n) is 4.59. The third kappa shape index (κ3) is 5.69. The van der Waals surface area contributed by atoms with Crippen LogP contribution in [0.5, 0.6) is 0 Å². The van der Waals surface area contributed by atoms with E-state index < -0.39 is 0 Å². The Labute approximate surface area is 195 Å². The standard InChI is InChI=1S/C27H34N4O2/c1-19(2)31-27(33)24-7-5-4-6-23(24)25(29-31)18-26(32)28-22-12-10-20(11-13-22)8-9-21-14-16-30(3)17-15-21/h4-7,10-13,19,21H,8-9,14-18H2,1-3H3,(H,28,32). The number of rotatable bonds is 7. The van der Waals surface area contributed by atoms with E-state index in [1.54, 1.807) is 6.07 Å². The maximum absolute atomic E-state index is 12.8. The van der Waals surface area contributed by atoms with Gasteiger partial charge in [0.15, 0.2) is 0 Å². The zero-order valence-electron chi connectivity index (χ0n) is 19.9. The van der Waals surface area contributed by atoms with E-state index in [-0.39, 0.29) is 23.9 Å². The Morgan fingerprint density at radius 2 is 1.73 bits per heavy atom. The van der Waals surface area contributed by atoms with E-state index >= 15 is 0 Å². The SMILES string of the molecule is CC(C)n1nc(CC(=O)Nc2ccc(CCC3CCN(C)CC3)cc2)c2ccccc2c1=O. The van der Waals surface area contributed by atoms with Gasteiger partial charge < -0.3 is 10.2 Å². The van der Waals surface area contributed by atoms with Crippen LogP contribution in [0, 0.1) is 5.92 Å². The second-order valence-corrected chi connectivity index (χ2v) is 9.54. The maximum Gasteiger partial charge on any atom is 0.274 e. The summed E-state index contributed by atoms with van der Waals surface area (Å²) >= 11 is 0. The van der Waals surface area contributed by atoms with Gasteiger partial charge in [-0.15, -0.1) is 0 Å². The fraction of sp³-hybridized carbons (Fsp3) is 0.444. The van der Waals surface area contributed by atoms with Crippen LogP contribution in [0.2, 0.25) is 0 Å². The van der Waals surface area contributed by atoms with Gasteiger partial charge in [0.2, 0.25) is 5.91 Å². The summed E-state index contributed by atoms with van der Waals surface area (Å²) in [5.41, 5.74) is 2.58. The van der Waals surface area contributed by atoms with Crippen LogP contribution in [0.15, 0.2) is 53.3 Å². The smallest absolute Gasteiger partial charge is 0.274 e. The second-order valence-electron chi connectivity index (χ2n) is 9.54. The Balaban J connectivity index is 1.39. The summed E-state index contributed by atoms with van der Waals surface area (Å²) in [5, 5.41) is 8.82. The summed E-state index contributed by atoms with van der Waals surface area (Å²) in [6, 6.07) is 15.5. The molecule has 0 atom stereocenters. The Bertz CT molecular complexity index is 1160. The molecule has 1 aromatic heterocycles. The first-order valence-electron chi connectivity index (χ1n) is 12.0. The molecule has 0 radical (unpaired) electrons. The molecular weight excluding hydrogens is 412 g/mol. The Morgan fingerprint density at radius 1 is 1.06 bits per heavy atom. The lowest BCUT2D eigenvalue weighted by Crippen LogP contribution is -2.30. The van der Waals surface area contributed by atoms with E-state index in [2.05, 4.69) is 34.5 Å². The molecule has 4 rings (SSSR count). The number of benzene rings is 2. The number of nitrogens with one attached hydrogen (secondary N) is 1. The molecule has 1 aliphatic rings. The Hall–Kier alpha value is -2.99. The largest absolute Gasteiger partial charge is 0.326 e. The molecule has 0 bridgehead atoms. The molecule has 1 amide bonds. The van der Waals surface area contributed by atoms with Gasteiger partial charge in [-0.3, -0.25) is 9.59 Å². The third-order valence-corrected chi connectivity index (χ3v) is 6.64. The average molecular weight is 447 g/mol. The van der Waals surface area contributed by atoms with Crippen LogP contribution in [0.3, 0.4) is 0 Å². The number of aryl methyl sites for hydroxylation is 1. The van der Waals surface area contributed by atoms with Crippen LogP contribution in [-0.4, -0.2) is 40.7 Å². The fourth-order valence-corrected chi connectivity index (χ4v) is 4.59. The highest BCUT2D eigenvalue weighted by atomic mass is 16.1.